The minimum atomic E-state index is -4.87. The van der Waals surface area contributed by atoms with Crippen molar-refractivity contribution in [2.45, 2.75) is 31.7 Å². The van der Waals surface area contributed by atoms with Crippen LogP contribution in [0, 0.1) is 5.92 Å². The first-order chi connectivity index (χ1) is 8.30. The predicted molar refractivity (Wildman–Crippen MR) is 50.7 cm³/mol. The van der Waals surface area contributed by atoms with E-state index in [1.165, 1.54) is 0 Å². The number of aromatic nitrogens is 3. The van der Waals surface area contributed by atoms with E-state index in [0.717, 1.165) is 12.8 Å². The summed E-state index contributed by atoms with van der Waals surface area (Å²) in [6.07, 6.45) is -4.33. The molecule has 0 amide bonds. The topological polar surface area (TPSA) is 88.2 Å². The highest BCUT2D eigenvalue weighted by atomic mass is 19.4. The summed E-state index contributed by atoms with van der Waals surface area (Å²) in [5.74, 6) is -1.84. The molecule has 1 fully saturated rings. The maximum Gasteiger partial charge on any atom is 0.435 e. The lowest BCUT2D eigenvalue weighted by Crippen LogP contribution is -2.24. The van der Waals surface area contributed by atoms with Gasteiger partial charge in [0.1, 0.15) is 0 Å². The lowest BCUT2D eigenvalue weighted by atomic mass is 10.2. The number of aromatic carboxylic acids is 1. The van der Waals surface area contributed by atoms with Crippen LogP contribution in [0.25, 0.3) is 0 Å². The molecule has 18 heavy (non-hydrogen) atoms. The van der Waals surface area contributed by atoms with Crippen molar-refractivity contribution in [2.24, 2.45) is 5.92 Å². The monoisotopic (exact) mass is 265 g/mol. The molecule has 1 aliphatic rings. The third-order valence-corrected chi connectivity index (χ3v) is 2.73. The number of carbonyl (C=O) groups is 1. The van der Waals surface area contributed by atoms with Crippen molar-refractivity contribution in [3.05, 3.63) is 11.4 Å². The number of halogens is 3. The fourth-order valence-corrected chi connectivity index (χ4v) is 1.67. The molecule has 1 aromatic heterocycles. The Bertz CT molecular complexity index is 467. The zero-order chi connectivity index (χ0) is 13.5. The SMILES string of the molecule is O=C(O)c1nnn(CC(O)C2CC2)c1C(F)(F)F. The van der Waals surface area contributed by atoms with E-state index in [0.29, 0.717) is 4.68 Å². The standard InChI is InChI=1S/C9H10F3N3O3/c10-9(11,12)7-6(8(17)18)13-14-15(7)3-5(16)4-1-2-4/h4-5,16H,1-3H2,(H,17,18). The molecule has 1 aromatic rings. The van der Waals surface area contributed by atoms with Crippen LogP contribution < -0.4 is 0 Å². The van der Waals surface area contributed by atoms with Gasteiger partial charge in [0.15, 0.2) is 5.69 Å². The molecule has 9 heteroatoms. The van der Waals surface area contributed by atoms with Crippen LogP contribution in [0.3, 0.4) is 0 Å². The van der Waals surface area contributed by atoms with Gasteiger partial charge in [0.25, 0.3) is 0 Å². The Morgan fingerprint density at radius 3 is 2.56 bits per heavy atom. The van der Waals surface area contributed by atoms with Gasteiger partial charge in [-0.1, -0.05) is 5.21 Å². The first-order valence-electron chi connectivity index (χ1n) is 5.22. The van der Waals surface area contributed by atoms with Gasteiger partial charge in [-0.25, -0.2) is 9.48 Å². The van der Waals surface area contributed by atoms with Crippen LogP contribution in [0.2, 0.25) is 0 Å². The van der Waals surface area contributed by atoms with Crippen LogP contribution in [0.1, 0.15) is 29.0 Å². The third kappa shape index (κ3) is 2.45. The Hall–Kier alpha value is -1.64. The van der Waals surface area contributed by atoms with E-state index < -0.39 is 36.2 Å². The lowest BCUT2D eigenvalue weighted by molar-refractivity contribution is -0.145. The molecule has 100 valence electrons. The summed E-state index contributed by atoms with van der Waals surface area (Å²) in [6, 6.07) is 0. The zero-order valence-corrected chi connectivity index (χ0v) is 9.05. The minimum absolute atomic E-state index is 0.0384. The van der Waals surface area contributed by atoms with E-state index in [4.69, 9.17) is 5.11 Å². The Kier molecular flexibility index (Phi) is 3.01. The maximum absolute atomic E-state index is 12.7. The second-order valence-electron chi connectivity index (χ2n) is 4.18. The Morgan fingerprint density at radius 1 is 1.50 bits per heavy atom. The smallest absolute Gasteiger partial charge is 0.435 e. The van der Waals surface area contributed by atoms with E-state index in [9.17, 15) is 23.1 Å². The van der Waals surface area contributed by atoms with Gasteiger partial charge in [0, 0.05) is 0 Å². The molecule has 0 saturated heterocycles. The molecule has 2 rings (SSSR count). The average Bonchev–Trinajstić information content (AvgIpc) is 2.98. The minimum Gasteiger partial charge on any atom is -0.476 e. The van der Waals surface area contributed by atoms with Gasteiger partial charge in [-0.05, 0) is 18.8 Å². The van der Waals surface area contributed by atoms with E-state index in [2.05, 4.69) is 10.3 Å². The molecule has 1 heterocycles. The normalized spacial score (nSPS) is 17.8. The predicted octanol–water partition coefficient (Wildman–Crippen LogP) is 0.766. The van der Waals surface area contributed by atoms with Crippen LogP contribution in [0.4, 0.5) is 13.2 Å². The molecule has 0 aliphatic heterocycles. The Balaban J connectivity index is 2.31. The highest BCUT2D eigenvalue weighted by molar-refractivity contribution is 5.86. The average molecular weight is 265 g/mol. The summed E-state index contributed by atoms with van der Waals surface area (Å²) in [6.45, 7) is -0.403. The quantitative estimate of drug-likeness (QED) is 0.839. The molecule has 6 nitrogen and oxygen atoms in total. The fraction of sp³-hybridized carbons (Fsp3) is 0.667. The number of hydrogen-bond acceptors (Lipinski definition) is 4. The molecule has 2 N–H and O–H groups in total. The van der Waals surface area contributed by atoms with Crippen molar-refractivity contribution in [1.29, 1.82) is 0 Å². The first-order valence-corrected chi connectivity index (χ1v) is 5.22. The number of rotatable bonds is 4. The zero-order valence-electron chi connectivity index (χ0n) is 9.05. The van der Waals surface area contributed by atoms with Crippen LogP contribution in [0.15, 0.2) is 0 Å². The molecule has 0 bridgehead atoms. The summed E-state index contributed by atoms with van der Waals surface area (Å²) >= 11 is 0. The second kappa shape index (κ2) is 4.23. The number of aliphatic hydroxyl groups is 1. The number of alkyl halides is 3. The van der Waals surface area contributed by atoms with Crippen molar-refractivity contribution in [3.8, 4) is 0 Å². The highest BCUT2D eigenvalue weighted by Crippen LogP contribution is 2.35. The highest BCUT2D eigenvalue weighted by Gasteiger charge is 2.42. The van der Waals surface area contributed by atoms with Crippen molar-refractivity contribution in [3.63, 3.8) is 0 Å². The number of nitrogens with zero attached hydrogens (tertiary/aromatic N) is 3. The van der Waals surface area contributed by atoms with Crippen LogP contribution >= 0.6 is 0 Å². The largest absolute Gasteiger partial charge is 0.476 e. The maximum atomic E-state index is 12.7. The van der Waals surface area contributed by atoms with Crippen LogP contribution in [-0.4, -0.2) is 37.3 Å². The molecule has 0 spiro atoms. The fourth-order valence-electron chi connectivity index (χ4n) is 1.67. The second-order valence-corrected chi connectivity index (χ2v) is 4.18. The van der Waals surface area contributed by atoms with Crippen molar-refractivity contribution in [2.75, 3.05) is 0 Å². The number of aliphatic hydroxyl groups excluding tert-OH is 1. The van der Waals surface area contributed by atoms with Crippen LogP contribution in [0.5, 0.6) is 0 Å². The molecule has 1 unspecified atom stereocenters. The molecule has 1 saturated carbocycles. The van der Waals surface area contributed by atoms with Crippen LogP contribution in [-0.2, 0) is 12.7 Å². The summed E-state index contributed by atoms with van der Waals surface area (Å²) in [7, 11) is 0. The van der Waals surface area contributed by atoms with Crippen molar-refractivity contribution in [1.82, 2.24) is 15.0 Å². The Labute approximate surface area is 99.0 Å². The number of carboxylic acid groups (broad SMARTS) is 1. The molecular formula is C9H10F3N3O3. The van der Waals surface area contributed by atoms with E-state index in [1.807, 2.05) is 0 Å². The molecular weight excluding hydrogens is 255 g/mol. The summed E-state index contributed by atoms with van der Waals surface area (Å²) in [4.78, 5) is 10.6. The van der Waals surface area contributed by atoms with Gasteiger partial charge in [0.05, 0.1) is 12.6 Å². The van der Waals surface area contributed by atoms with Gasteiger partial charge in [-0.15, -0.1) is 5.10 Å². The summed E-state index contributed by atoms with van der Waals surface area (Å²) < 4.78 is 38.6. The summed E-state index contributed by atoms with van der Waals surface area (Å²) in [5.41, 5.74) is -2.58. The molecule has 1 aliphatic carbocycles. The van der Waals surface area contributed by atoms with Gasteiger partial charge in [-0.2, -0.15) is 13.2 Å². The molecule has 1 atom stereocenters. The Morgan fingerprint density at radius 2 is 2.11 bits per heavy atom. The van der Waals surface area contributed by atoms with Gasteiger partial charge in [0.2, 0.25) is 5.69 Å². The van der Waals surface area contributed by atoms with Gasteiger partial charge < -0.3 is 10.2 Å². The number of carboxylic acids is 1. The van der Waals surface area contributed by atoms with E-state index >= 15 is 0 Å². The molecule has 0 radical (unpaired) electrons. The van der Waals surface area contributed by atoms with Gasteiger partial charge in [-0.3, -0.25) is 0 Å². The third-order valence-electron chi connectivity index (χ3n) is 2.73. The van der Waals surface area contributed by atoms with Gasteiger partial charge >= 0.3 is 12.1 Å². The number of hydrogen-bond donors (Lipinski definition) is 2. The van der Waals surface area contributed by atoms with Crippen molar-refractivity contribution < 1.29 is 28.2 Å². The van der Waals surface area contributed by atoms with E-state index in [1.54, 1.807) is 0 Å². The van der Waals surface area contributed by atoms with E-state index in [-0.39, 0.29) is 5.92 Å². The van der Waals surface area contributed by atoms with Crippen molar-refractivity contribution >= 4 is 5.97 Å². The summed E-state index contributed by atoms with van der Waals surface area (Å²) in [5, 5.41) is 24.4. The lowest BCUT2D eigenvalue weighted by Gasteiger charge is -2.13. The first kappa shape index (κ1) is 12.8. The molecule has 0 aromatic carbocycles.